The van der Waals surface area contributed by atoms with E-state index in [1.807, 2.05) is 13.8 Å². The Morgan fingerprint density at radius 1 is 1.11 bits per heavy atom. The number of rotatable bonds is 10. The summed E-state index contributed by atoms with van der Waals surface area (Å²) in [7, 11) is 1.64. The van der Waals surface area contributed by atoms with Gasteiger partial charge in [-0.2, -0.15) is 0 Å². The second kappa shape index (κ2) is 12.3. The fourth-order valence-electron chi connectivity index (χ4n) is 10.9. The number of carbonyl (C=O) groups excluding carboxylic acids is 2. The standard InChI is InChI=1S/C38H52ClFN2O5/c1-24(2)41-33(45)42(18-7-19-47-5)23-37(46)15-12-32-35(37,4)14-11-31-34(3)13-10-25(43)21-36(34)16-17-38(31,32)27(22-36)30(44)20-26-28(39)8-6-9-29(26)40/h6,8-9,16-17,22,24-25,31-32,43,46H,7,10-15,18-21,23H2,1-5H3,(H,41,45). The highest BCUT2D eigenvalue weighted by molar-refractivity contribution is 6.31. The number of carbonyl (C=O) groups is 2. The predicted octanol–water partition coefficient (Wildman–Crippen LogP) is 6.64. The quantitative estimate of drug-likeness (QED) is 0.192. The topological polar surface area (TPSA) is 99.1 Å². The highest BCUT2D eigenvalue weighted by Gasteiger charge is 2.74. The minimum absolute atomic E-state index is 0.0467. The summed E-state index contributed by atoms with van der Waals surface area (Å²) in [6, 6.07) is 4.26. The van der Waals surface area contributed by atoms with Crippen molar-refractivity contribution in [3.05, 3.63) is 58.4 Å². The molecule has 1 aromatic rings. The van der Waals surface area contributed by atoms with Crippen LogP contribution in [0.4, 0.5) is 9.18 Å². The van der Waals surface area contributed by atoms with E-state index < -0.39 is 33.8 Å². The van der Waals surface area contributed by atoms with Gasteiger partial charge in [0.25, 0.3) is 0 Å². The first-order valence-electron chi connectivity index (χ1n) is 17.5. The predicted molar refractivity (Wildman–Crippen MR) is 180 cm³/mol. The molecule has 6 aliphatic carbocycles. The number of benzene rings is 1. The number of urea groups is 1. The molecular weight excluding hydrogens is 619 g/mol. The van der Waals surface area contributed by atoms with Crippen LogP contribution in [0, 0.1) is 39.3 Å². The van der Waals surface area contributed by atoms with E-state index in [-0.39, 0.29) is 58.7 Å². The molecule has 0 heterocycles. The molecule has 8 unspecified atom stereocenters. The number of ether oxygens (including phenoxy) is 1. The van der Waals surface area contributed by atoms with Crippen molar-refractivity contribution in [1.82, 2.24) is 10.2 Å². The Morgan fingerprint density at radius 3 is 2.51 bits per heavy atom. The monoisotopic (exact) mass is 670 g/mol. The molecule has 0 aromatic heterocycles. The summed E-state index contributed by atoms with van der Waals surface area (Å²) in [6.07, 6.45) is 11.6. The zero-order valence-corrected chi connectivity index (χ0v) is 29.3. The third kappa shape index (κ3) is 5.23. The minimum Gasteiger partial charge on any atom is -0.393 e. The third-order valence-corrected chi connectivity index (χ3v) is 13.7. The fraction of sp³-hybridized carbons (Fsp3) is 0.684. The van der Waals surface area contributed by atoms with Crippen LogP contribution >= 0.6 is 11.6 Å². The first-order valence-corrected chi connectivity index (χ1v) is 17.9. The molecule has 2 bridgehead atoms. The van der Waals surface area contributed by atoms with E-state index in [2.05, 4.69) is 37.4 Å². The van der Waals surface area contributed by atoms with Crippen molar-refractivity contribution in [2.45, 2.75) is 103 Å². The van der Waals surface area contributed by atoms with Gasteiger partial charge >= 0.3 is 6.03 Å². The molecule has 2 spiro atoms. The number of hydrogen-bond donors (Lipinski definition) is 3. The lowest BCUT2D eigenvalue weighted by Crippen LogP contribution is -2.67. The number of fused-ring (bicyclic) bond motifs is 1. The molecule has 2 amide bonds. The molecule has 47 heavy (non-hydrogen) atoms. The van der Waals surface area contributed by atoms with Gasteiger partial charge < -0.3 is 25.2 Å². The number of methoxy groups -OCH3 is 1. The lowest BCUT2D eigenvalue weighted by Gasteiger charge is -2.71. The van der Waals surface area contributed by atoms with Crippen molar-refractivity contribution in [1.29, 1.82) is 0 Å². The molecule has 0 aliphatic heterocycles. The highest BCUT2D eigenvalue weighted by Crippen LogP contribution is 2.78. The molecule has 1 aromatic carbocycles. The van der Waals surface area contributed by atoms with Crippen molar-refractivity contribution in [3.63, 3.8) is 0 Å². The van der Waals surface area contributed by atoms with Gasteiger partial charge in [0.15, 0.2) is 5.78 Å². The Kier molecular flexibility index (Phi) is 9.02. The molecule has 0 saturated heterocycles. The van der Waals surface area contributed by atoms with Gasteiger partial charge in [-0.25, -0.2) is 9.18 Å². The molecule has 0 radical (unpaired) electrons. The Hall–Kier alpha value is -2.26. The second-order valence-corrected chi connectivity index (χ2v) is 16.4. The number of nitrogens with zero attached hydrogens (tertiary/aromatic N) is 1. The molecule has 8 atom stereocenters. The Morgan fingerprint density at radius 2 is 1.81 bits per heavy atom. The summed E-state index contributed by atoms with van der Waals surface area (Å²) >= 11 is 6.44. The van der Waals surface area contributed by atoms with Crippen molar-refractivity contribution in [3.8, 4) is 0 Å². The van der Waals surface area contributed by atoms with Crippen LogP contribution < -0.4 is 5.32 Å². The van der Waals surface area contributed by atoms with Gasteiger partial charge in [0.2, 0.25) is 0 Å². The van der Waals surface area contributed by atoms with E-state index in [4.69, 9.17) is 16.3 Å². The molecule has 3 N–H and O–H groups in total. The van der Waals surface area contributed by atoms with Gasteiger partial charge in [-0.3, -0.25) is 4.79 Å². The second-order valence-electron chi connectivity index (χ2n) is 16.0. The maximum absolute atomic E-state index is 15.0. The van der Waals surface area contributed by atoms with Crippen molar-refractivity contribution in [2.75, 3.05) is 26.8 Å². The lowest BCUT2D eigenvalue weighted by molar-refractivity contribution is -0.177. The first kappa shape index (κ1) is 34.6. The average molecular weight is 671 g/mol. The third-order valence-electron chi connectivity index (χ3n) is 13.3. The fourth-order valence-corrected chi connectivity index (χ4v) is 11.2. The summed E-state index contributed by atoms with van der Waals surface area (Å²) in [6.45, 7) is 9.51. The van der Waals surface area contributed by atoms with Crippen molar-refractivity contribution >= 4 is 23.4 Å². The van der Waals surface area contributed by atoms with Crippen molar-refractivity contribution < 1.29 is 28.9 Å². The van der Waals surface area contributed by atoms with Gasteiger partial charge in [-0.05, 0) is 94.6 Å². The van der Waals surface area contributed by atoms with Crippen LogP contribution in [0.1, 0.15) is 84.6 Å². The van der Waals surface area contributed by atoms with E-state index in [1.54, 1.807) is 24.1 Å². The molecule has 9 heteroatoms. The number of aliphatic hydroxyl groups is 2. The number of amides is 2. The van der Waals surface area contributed by atoms with Crippen LogP contribution in [-0.4, -0.2) is 71.5 Å². The Labute approximate surface area is 284 Å². The summed E-state index contributed by atoms with van der Waals surface area (Å²) in [5, 5.41) is 26.9. The molecule has 7 nitrogen and oxygen atoms in total. The van der Waals surface area contributed by atoms with Crippen LogP contribution in [0.25, 0.3) is 0 Å². The van der Waals surface area contributed by atoms with Gasteiger partial charge in [-0.15, -0.1) is 0 Å². The van der Waals surface area contributed by atoms with E-state index in [0.29, 0.717) is 50.8 Å². The number of hydrogen-bond acceptors (Lipinski definition) is 5. The van der Waals surface area contributed by atoms with Crippen molar-refractivity contribution in [2.24, 2.45) is 33.5 Å². The van der Waals surface area contributed by atoms with Crippen LogP contribution in [-0.2, 0) is 16.0 Å². The van der Waals surface area contributed by atoms with Gasteiger partial charge in [0, 0.05) is 65.1 Å². The van der Waals surface area contributed by atoms with Crippen LogP contribution in [0.2, 0.25) is 5.02 Å². The molecule has 7 rings (SSSR count). The van der Waals surface area contributed by atoms with Gasteiger partial charge in [0.1, 0.15) is 5.82 Å². The summed E-state index contributed by atoms with van der Waals surface area (Å²) in [5.74, 6) is -0.595. The SMILES string of the molecule is COCCCN(CC1(O)CCC2C34C=CC5(C=C3C(=O)Cc3c(F)cccc3Cl)CC(O)CCC5(C)C4CCC21C)C(=O)NC(C)C. The van der Waals surface area contributed by atoms with E-state index in [1.165, 1.54) is 6.07 Å². The van der Waals surface area contributed by atoms with Gasteiger partial charge in [-0.1, -0.05) is 49.7 Å². The maximum atomic E-state index is 15.0. The largest absolute Gasteiger partial charge is 0.393 e. The summed E-state index contributed by atoms with van der Waals surface area (Å²) < 4.78 is 20.3. The average Bonchev–Trinajstić information content (AvgIpc) is 3.28. The van der Waals surface area contributed by atoms with E-state index >= 15 is 4.39 Å². The zero-order chi connectivity index (χ0) is 34.0. The number of nitrogens with one attached hydrogen (secondary N) is 1. The van der Waals surface area contributed by atoms with Crippen LogP contribution in [0.15, 0.2) is 42.0 Å². The van der Waals surface area contributed by atoms with Crippen LogP contribution in [0.5, 0.6) is 0 Å². The molecule has 3 saturated carbocycles. The summed E-state index contributed by atoms with van der Waals surface area (Å²) in [4.78, 5) is 29.8. The number of aliphatic hydroxyl groups excluding tert-OH is 1. The van der Waals surface area contributed by atoms with Gasteiger partial charge in [0.05, 0.1) is 18.2 Å². The molecule has 258 valence electrons. The minimum atomic E-state index is -1.18. The maximum Gasteiger partial charge on any atom is 0.317 e. The van der Waals surface area contributed by atoms with E-state index in [9.17, 15) is 19.8 Å². The summed E-state index contributed by atoms with van der Waals surface area (Å²) in [5.41, 5.74) is -2.19. The smallest absolute Gasteiger partial charge is 0.317 e. The number of Topliss-reactive ketones (excluding diaryl/α,β-unsaturated/α-hetero) is 1. The Bertz CT molecular complexity index is 1460. The number of ketones is 1. The zero-order valence-electron chi connectivity index (χ0n) is 28.6. The normalized spacial score (nSPS) is 38.4. The number of allylic oxidation sites excluding steroid dienone is 4. The molecular formula is C38H52ClFN2O5. The van der Waals surface area contributed by atoms with E-state index in [0.717, 1.165) is 19.3 Å². The lowest BCUT2D eigenvalue weighted by atomic mass is 9.32. The van der Waals surface area contributed by atoms with Crippen LogP contribution in [0.3, 0.4) is 0 Å². The highest BCUT2D eigenvalue weighted by atomic mass is 35.5. The molecule has 6 aliphatic rings. The number of halogens is 2. The first-order chi connectivity index (χ1) is 22.2. The molecule has 3 fully saturated rings. The Balaban J connectivity index is 1.42.